The summed E-state index contributed by atoms with van der Waals surface area (Å²) in [7, 11) is 0. The molecule has 0 aliphatic carbocycles. The Balaban J connectivity index is 2.36. The van der Waals surface area contributed by atoms with E-state index < -0.39 is 12.6 Å². The number of allylic oxidation sites excluding steroid dienone is 1. The van der Waals surface area contributed by atoms with E-state index in [1.807, 2.05) is 31.2 Å². The summed E-state index contributed by atoms with van der Waals surface area (Å²) in [5.41, 5.74) is 3.12. The number of carbonyl (C=O) groups is 1. The van der Waals surface area contributed by atoms with Crippen molar-refractivity contribution in [1.82, 2.24) is 0 Å². The number of ether oxygens (including phenoxy) is 1. The first kappa shape index (κ1) is 18.1. The van der Waals surface area contributed by atoms with Gasteiger partial charge >= 0.3 is 5.97 Å². The number of nitrogens with zero attached hydrogens (tertiary/aromatic N) is 1. The molecule has 1 N–H and O–H groups in total. The lowest BCUT2D eigenvalue weighted by atomic mass is 10.0. The fraction of sp³-hybridized carbons (Fsp3) is 0.111. The molecule has 0 radical (unpaired) electrons. The molecule has 0 saturated carbocycles. The number of hydrogen-bond donors (Lipinski definition) is 1. The molecule has 2 rings (SSSR count). The van der Waals surface area contributed by atoms with Gasteiger partial charge in [-0.1, -0.05) is 41.4 Å². The maximum atomic E-state index is 10.6. The van der Waals surface area contributed by atoms with Gasteiger partial charge in [0, 0.05) is 0 Å². The number of carboxylic acid groups (broad SMARTS) is 1. The van der Waals surface area contributed by atoms with Crippen molar-refractivity contribution in [2.75, 3.05) is 6.61 Å². The van der Waals surface area contributed by atoms with Crippen LogP contribution in [0.25, 0.3) is 11.6 Å². The third kappa shape index (κ3) is 4.60. The van der Waals surface area contributed by atoms with E-state index in [1.165, 1.54) is 0 Å². The van der Waals surface area contributed by atoms with Crippen LogP contribution in [0.15, 0.2) is 40.9 Å². The Kier molecular flexibility index (Phi) is 6.02. The maximum Gasteiger partial charge on any atom is 0.341 e. The van der Waals surface area contributed by atoms with Gasteiger partial charge in [0.25, 0.3) is 0 Å². The fourth-order valence-corrected chi connectivity index (χ4v) is 3.00. The highest BCUT2D eigenvalue weighted by Gasteiger charge is 2.11. The van der Waals surface area contributed by atoms with E-state index in [0.29, 0.717) is 15.6 Å². The third-order valence-electron chi connectivity index (χ3n) is 3.15. The lowest BCUT2D eigenvalue weighted by Gasteiger charge is -2.09. The van der Waals surface area contributed by atoms with Crippen molar-refractivity contribution in [3.8, 4) is 11.8 Å². The topological polar surface area (TPSA) is 70.3 Å². The van der Waals surface area contributed by atoms with Gasteiger partial charge in [0.2, 0.25) is 0 Å². The van der Waals surface area contributed by atoms with Crippen LogP contribution in [0.1, 0.15) is 16.7 Å². The zero-order chi connectivity index (χ0) is 17.7. The van der Waals surface area contributed by atoms with Gasteiger partial charge in [-0.25, -0.2) is 4.79 Å². The van der Waals surface area contributed by atoms with Crippen molar-refractivity contribution in [2.45, 2.75) is 6.92 Å². The number of nitriles is 1. The number of rotatable bonds is 5. The molecular weight excluding hydrogens is 394 g/mol. The average molecular weight is 407 g/mol. The van der Waals surface area contributed by atoms with Crippen LogP contribution in [0.4, 0.5) is 0 Å². The Bertz CT molecular complexity index is 815. The minimum absolute atomic E-state index is 0.255. The van der Waals surface area contributed by atoms with Crippen LogP contribution in [0.3, 0.4) is 0 Å². The minimum Gasteiger partial charge on any atom is -0.479 e. The van der Waals surface area contributed by atoms with Gasteiger partial charge in [-0.15, -0.1) is 0 Å². The predicted molar refractivity (Wildman–Crippen MR) is 96.9 cm³/mol. The summed E-state index contributed by atoms with van der Waals surface area (Å²) in [5, 5.41) is 18.3. The molecule has 2 aromatic rings. The van der Waals surface area contributed by atoms with E-state index in [0.717, 1.165) is 11.1 Å². The SMILES string of the molecule is Cc1ccc(/C(C#N)=C\c2cc(Cl)c(OCC(=O)O)c(Br)c2)cc1. The van der Waals surface area contributed by atoms with E-state index in [2.05, 4.69) is 22.0 Å². The van der Waals surface area contributed by atoms with E-state index in [1.54, 1.807) is 18.2 Å². The summed E-state index contributed by atoms with van der Waals surface area (Å²) in [6, 6.07) is 13.1. The molecule has 6 heteroatoms. The molecule has 0 spiro atoms. The molecule has 24 heavy (non-hydrogen) atoms. The number of hydrogen-bond acceptors (Lipinski definition) is 3. The van der Waals surface area contributed by atoms with Gasteiger partial charge in [-0.05, 0) is 52.2 Å². The Labute approximate surface area is 153 Å². The molecule has 0 amide bonds. The standard InChI is InChI=1S/C18H13BrClNO3/c1-11-2-4-13(5-3-11)14(9-21)6-12-7-15(19)18(16(20)8-12)24-10-17(22)23/h2-8H,10H2,1H3,(H,22,23)/b14-6-. The van der Waals surface area contributed by atoms with Crippen molar-refractivity contribution >= 4 is 45.1 Å². The second-order valence-corrected chi connectivity index (χ2v) is 6.29. The number of aliphatic carboxylic acids is 1. The van der Waals surface area contributed by atoms with Crippen LogP contribution in [0, 0.1) is 18.3 Å². The fourth-order valence-electron chi connectivity index (χ4n) is 2.01. The van der Waals surface area contributed by atoms with E-state index in [-0.39, 0.29) is 10.8 Å². The third-order valence-corrected chi connectivity index (χ3v) is 4.02. The van der Waals surface area contributed by atoms with Crippen LogP contribution in [-0.2, 0) is 4.79 Å². The van der Waals surface area contributed by atoms with Gasteiger partial charge in [0.15, 0.2) is 12.4 Å². The first-order valence-corrected chi connectivity index (χ1v) is 8.10. The lowest BCUT2D eigenvalue weighted by molar-refractivity contribution is -0.139. The van der Waals surface area contributed by atoms with Crippen molar-refractivity contribution in [1.29, 1.82) is 5.26 Å². The highest BCUT2D eigenvalue weighted by Crippen LogP contribution is 2.35. The summed E-state index contributed by atoms with van der Waals surface area (Å²) in [4.78, 5) is 10.6. The van der Waals surface area contributed by atoms with Crippen molar-refractivity contribution in [2.24, 2.45) is 0 Å². The minimum atomic E-state index is -1.09. The van der Waals surface area contributed by atoms with Gasteiger partial charge in [0.05, 0.1) is 21.1 Å². The Morgan fingerprint density at radius 3 is 2.58 bits per heavy atom. The zero-order valence-corrected chi connectivity index (χ0v) is 15.1. The lowest BCUT2D eigenvalue weighted by Crippen LogP contribution is -2.10. The molecule has 0 unspecified atom stereocenters. The molecule has 2 aromatic carbocycles. The quantitative estimate of drug-likeness (QED) is 0.564. The Morgan fingerprint density at radius 2 is 2.04 bits per heavy atom. The second kappa shape index (κ2) is 8.00. The molecule has 0 fully saturated rings. The second-order valence-electron chi connectivity index (χ2n) is 5.03. The smallest absolute Gasteiger partial charge is 0.341 e. The monoisotopic (exact) mass is 405 g/mol. The molecule has 0 aliphatic heterocycles. The molecule has 122 valence electrons. The first-order chi connectivity index (χ1) is 11.4. The Morgan fingerprint density at radius 1 is 1.38 bits per heavy atom. The van der Waals surface area contributed by atoms with E-state index in [4.69, 9.17) is 21.4 Å². The zero-order valence-electron chi connectivity index (χ0n) is 12.7. The Hall–Kier alpha value is -2.29. The summed E-state index contributed by atoms with van der Waals surface area (Å²) >= 11 is 9.46. The number of benzene rings is 2. The summed E-state index contributed by atoms with van der Waals surface area (Å²) in [6.45, 7) is 1.49. The highest BCUT2D eigenvalue weighted by atomic mass is 79.9. The van der Waals surface area contributed by atoms with Crippen LogP contribution >= 0.6 is 27.5 Å². The van der Waals surface area contributed by atoms with Crippen LogP contribution in [0.5, 0.6) is 5.75 Å². The molecule has 4 nitrogen and oxygen atoms in total. The molecule has 0 heterocycles. The maximum absolute atomic E-state index is 10.6. The molecule has 0 aromatic heterocycles. The van der Waals surface area contributed by atoms with E-state index >= 15 is 0 Å². The molecular formula is C18H13BrClNO3. The largest absolute Gasteiger partial charge is 0.479 e. The van der Waals surface area contributed by atoms with Gasteiger partial charge < -0.3 is 9.84 Å². The van der Waals surface area contributed by atoms with Gasteiger partial charge in [0.1, 0.15) is 0 Å². The van der Waals surface area contributed by atoms with Crippen molar-refractivity contribution < 1.29 is 14.6 Å². The number of aryl methyl sites for hydroxylation is 1. The van der Waals surface area contributed by atoms with Gasteiger partial charge in [-0.3, -0.25) is 0 Å². The number of carboxylic acids is 1. The van der Waals surface area contributed by atoms with Crippen molar-refractivity contribution in [3.63, 3.8) is 0 Å². The summed E-state index contributed by atoms with van der Waals surface area (Å²) in [5.74, 6) is -0.835. The van der Waals surface area contributed by atoms with Crippen LogP contribution in [0.2, 0.25) is 5.02 Å². The van der Waals surface area contributed by atoms with Crippen molar-refractivity contribution in [3.05, 3.63) is 62.6 Å². The van der Waals surface area contributed by atoms with Gasteiger partial charge in [-0.2, -0.15) is 5.26 Å². The van der Waals surface area contributed by atoms with Crippen LogP contribution in [-0.4, -0.2) is 17.7 Å². The molecule has 0 aliphatic rings. The summed E-state index contributed by atoms with van der Waals surface area (Å²) in [6.07, 6.45) is 1.71. The summed E-state index contributed by atoms with van der Waals surface area (Å²) < 4.78 is 5.67. The average Bonchev–Trinajstić information content (AvgIpc) is 2.52. The highest BCUT2D eigenvalue weighted by molar-refractivity contribution is 9.10. The van der Waals surface area contributed by atoms with E-state index in [9.17, 15) is 10.1 Å². The molecule has 0 bridgehead atoms. The van der Waals surface area contributed by atoms with Crippen LogP contribution < -0.4 is 4.74 Å². The molecule has 0 atom stereocenters. The molecule has 0 saturated heterocycles. The normalized spacial score (nSPS) is 11.0. The first-order valence-electron chi connectivity index (χ1n) is 6.93. The predicted octanol–water partition coefficient (Wildman–Crippen LogP) is 4.94. The number of halogens is 2.